The number of nitrogens with zero attached hydrogens (tertiary/aromatic N) is 1. The molecule has 0 atom stereocenters. The zero-order chi connectivity index (χ0) is 9.97. The van der Waals surface area contributed by atoms with Gasteiger partial charge in [-0.2, -0.15) is 11.8 Å². The highest BCUT2D eigenvalue weighted by Gasteiger charge is 2.20. The Bertz CT molecular complexity index is 306. The van der Waals surface area contributed by atoms with Crippen molar-refractivity contribution >= 4 is 0 Å². The van der Waals surface area contributed by atoms with Crippen molar-refractivity contribution in [2.75, 3.05) is 13.1 Å². The summed E-state index contributed by atoms with van der Waals surface area (Å²) in [6.07, 6.45) is 5.51. The number of quaternary nitrogens is 1. The molecule has 0 radical (unpaired) electrons. The monoisotopic (exact) mass is 192 g/mol. The summed E-state index contributed by atoms with van der Waals surface area (Å²) in [5.41, 5.74) is 1.18. The fourth-order valence-corrected chi connectivity index (χ4v) is 2.07. The third-order valence-corrected chi connectivity index (χ3v) is 2.96. The molecule has 2 rings (SSSR count). The molecule has 1 fully saturated rings. The van der Waals surface area contributed by atoms with Crippen molar-refractivity contribution < 1.29 is 9.63 Å². The maximum Gasteiger partial charge on any atom is 0.183 e. The van der Waals surface area contributed by atoms with Crippen molar-refractivity contribution in [3.05, 3.63) is 42.3 Å². The van der Waals surface area contributed by atoms with E-state index in [1.165, 1.54) is 16.7 Å². The van der Waals surface area contributed by atoms with Crippen molar-refractivity contribution in [3.8, 4) is 0 Å². The predicted octanol–water partition coefficient (Wildman–Crippen LogP) is -0.126. The summed E-state index contributed by atoms with van der Waals surface area (Å²) in [5, 5.41) is 11.1. The van der Waals surface area contributed by atoms with Crippen LogP contribution >= 0.6 is 0 Å². The molecule has 14 heavy (non-hydrogen) atoms. The summed E-state index contributed by atoms with van der Waals surface area (Å²) in [6.45, 7) is 2.22. The van der Waals surface area contributed by atoms with E-state index in [4.69, 9.17) is 0 Å². The van der Waals surface area contributed by atoms with Gasteiger partial charge in [-0.15, -0.1) is 0 Å². The standard InChI is InChI=1S/C11H16N2O/c1-12-7-4-10(5-8-12)11-3-2-6-13(14)9-11/h2-3,6,9-10,12H,1,4-5,7-8H2. The third kappa shape index (κ3) is 2.04. The molecule has 0 unspecified atom stereocenters. The molecule has 1 saturated heterocycles. The Labute approximate surface area is 84.6 Å². The van der Waals surface area contributed by atoms with Crippen LogP contribution in [0.3, 0.4) is 0 Å². The van der Waals surface area contributed by atoms with Crippen LogP contribution in [0.25, 0.3) is 0 Å². The predicted molar refractivity (Wildman–Crippen MR) is 53.4 cm³/mol. The molecule has 0 amide bonds. The molecule has 3 heteroatoms. The van der Waals surface area contributed by atoms with Gasteiger partial charge >= 0.3 is 0 Å². The smallest absolute Gasteiger partial charge is 0.183 e. The fraction of sp³-hybridized carbons (Fsp3) is 0.455. The van der Waals surface area contributed by atoms with Gasteiger partial charge in [0.25, 0.3) is 0 Å². The molecule has 1 N–H and O–H groups in total. The summed E-state index contributed by atoms with van der Waals surface area (Å²) < 4.78 is 0.888. The lowest BCUT2D eigenvalue weighted by Gasteiger charge is -2.30. The number of rotatable bonds is 1. The Morgan fingerprint density at radius 3 is 2.79 bits per heavy atom. The van der Waals surface area contributed by atoms with E-state index in [9.17, 15) is 5.21 Å². The molecule has 0 aliphatic carbocycles. The minimum Gasteiger partial charge on any atom is -0.619 e. The van der Waals surface area contributed by atoms with Crippen LogP contribution in [0.15, 0.2) is 24.5 Å². The molecule has 0 aromatic carbocycles. The van der Waals surface area contributed by atoms with Crippen LogP contribution in [0.5, 0.6) is 0 Å². The van der Waals surface area contributed by atoms with Crippen LogP contribution in [-0.4, -0.2) is 13.1 Å². The van der Waals surface area contributed by atoms with Gasteiger partial charge in [-0.1, -0.05) is 0 Å². The van der Waals surface area contributed by atoms with Crippen LogP contribution in [-0.2, 0) is 0 Å². The molecule has 3 nitrogen and oxygen atoms in total. The van der Waals surface area contributed by atoms with E-state index in [2.05, 4.69) is 7.05 Å². The number of aromatic nitrogens is 1. The first-order valence-electron chi connectivity index (χ1n) is 5.11. The average molecular weight is 192 g/mol. The summed E-state index contributed by atoms with van der Waals surface area (Å²) in [6, 6.07) is 3.87. The normalized spacial score (nSPS) is 27.5. The van der Waals surface area contributed by atoms with Gasteiger partial charge in [-0.25, -0.2) is 0 Å². The van der Waals surface area contributed by atoms with E-state index in [0.29, 0.717) is 5.92 Å². The third-order valence-electron chi connectivity index (χ3n) is 2.96. The average Bonchev–Trinajstić information content (AvgIpc) is 2.19. The number of hydrogen-bond donors (Lipinski definition) is 1. The van der Waals surface area contributed by atoms with E-state index in [1.54, 1.807) is 6.20 Å². The minimum atomic E-state index is 0.557. The molecule has 0 saturated carbocycles. The molecule has 76 valence electrons. The molecule has 0 bridgehead atoms. The summed E-state index contributed by atoms with van der Waals surface area (Å²) in [7, 11) is 3.99. The van der Waals surface area contributed by atoms with Crippen molar-refractivity contribution in [1.82, 2.24) is 0 Å². The van der Waals surface area contributed by atoms with Gasteiger partial charge < -0.3 is 10.1 Å². The Morgan fingerprint density at radius 1 is 1.43 bits per heavy atom. The SMILES string of the molecule is [CH2-][NH+]1CCC(c2ccc[n+]([O-])c2)CC1. The van der Waals surface area contributed by atoms with Gasteiger partial charge in [-0.05, 0) is 6.07 Å². The fourth-order valence-electron chi connectivity index (χ4n) is 2.07. The van der Waals surface area contributed by atoms with Crippen molar-refractivity contribution in [1.29, 1.82) is 0 Å². The van der Waals surface area contributed by atoms with Crippen molar-refractivity contribution in [2.24, 2.45) is 0 Å². The van der Waals surface area contributed by atoms with E-state index >= 15 is 0 Å². The first-order valence-corrected chi connectivity index (χ1v) is 5.11. The summed E-state index contributed by atoms with van der Waals surface area (Å²) in [4.78, 5) is 1.35. The molecule has 0 spiro atoms. The lowest BCUT2D eigenvalue weighted by Crippen LogP contribution is -3.07. The zero-order valence-corrected chi connectivity index (χ0v) is 8.28. The van der Waals surface area contributed by atoms with Gasteiger partial charge in [0, 0.05) is 30.4 Å². The summed E-state index contributed by atoms with van der Waals surface area (Å²) in [5.74, 6) is 0.557. The van der Waals surface area contributed by atoms with Gasteiger partial charge in [0.1, 0.15) is 0 Å². The Hall–Kier alpha value is -1.09. The van der Waals surface area contributed by atoms with Gasteiger partial charge in [0.05, 0.1) is 13.1 Å². The number of hydrogen-bond acceptors (Lipinski definition) is 1. The Kier molecular flexibility index (Phi) is 2.68. The lowest BCUT2D eigenvalue weighted by molar-refractivity contribution is -0.859. The number of piperidine rings is 1. The molecule has 1 aliphatic rings. The van der Waals surface area contributed by atoms with Crippen molar-refractivity contribution in [2.45, 2.75) is 18.8 Å². The van der Waals surface area contributed by atoms with Crippen molar-refractivity contribution in [3.63, 3.8) is 0 Å². The highest BCUT2D eigenvalue weighted by atomic mass is 16.5. The highest BCUT2D eigenvalue weighted by Crippen LogP contribution is 2.22. The number of pyridine rings is 1. The van der Waals surface area contributed by atoms with Gasteiger partial charge in [0.2, 0.25) is 0 Å². The molecule has 2 heterocycles. The van der Waals surface area contributed by atoms with E-state index in [1.807, 2.05) is 12.1 Å². The quantitative estimate of drug-likeness (QED) is 0.375. The van der Waals surface area contributed by atoms with E-state index in [-0.39, 0.29) is 0 Å². The first-order chi connectivity index (χ1) is 6.75. The largest absolute Gasteiger partial charge is 0.619 e. The molecule has 1 aromatic rings. The van der Waals surface area contributed by atoms with Crippen LogP contribution in [0.2, 0.25) is 0 Å². The van der Waals surface area contributed by atoms with Crippen LogP contribution in [0, 0.1) is 12.3 Å². The number of likely N-dealkylation sites (tertiary alicyclic amines) is 1. The topological polar surface area (TPSA) is 31.4 Å². The second-order valence-corrected chi connectivity index (χ2v) is 4.02. The van der Waals surface area contributed by atoms with Crippen LogP contribution < -0.4 is 9.63 Å². The second-order valence-electron chi connectivity index (χ2n) is 4.02. The Balaban J connectivity index is 2.08. The van der Waals surface area contributed by atoms with Crippen LogP contribution in [0.1, 0.15) is 24.3 Å². The second kappa shape index (κ2) is 3.96. The van der Waals surface area contributed by atoms with E-state index < -0.39 is 0 Å². The molecule has 1 aromatic heterocycles. The molecular formula is C11H16N2O. The first kappa shape index (κ1) is 9.46. The number of nitrogens with one attached hydrogen (secondary N) is 1. The Morgan fingerprint density at radius 2 is 2.14 bits per heavy atom. The lowest BCUT2D eigenvalue weighted by atomic mass is 9.91. The zero-order valence-electron chi connectivity index (χ0n) is 8.28. The maximum absolute atomic E-state index is 11.1. The maximum atomic E-state index is 11.1. The minimum absolute atomic E-state index is 0.557. The highest BCUT2D eigenvalue weighted by molar-refractivity contribution is 5.12. The van der Waals surface area contributed by atoms with Crippen LogP contribution in [0.4, 0.5) is 0 Å². The van der Waals surface area contributed by atoms with Gasteiger partial charge in [-0.3, -0.25) is 0 Å². The molecule has 1 aliphatic heterocycles. The molecular weight excluding hydrogens is 176 g/mol. The van der Waals surface area contributed by atoms with Gasteiger partial charge in [0.15, 0.2) is 12.4 Å². The van der Waals surface area contributed by atoms with E-state index in [0.717, 1.165) is 30.7 Å². The summed E-state index contributed by atoms with van der Waals surface area (Å²) >= 11 is 0.